The molecule has 65 heavy (non-hydrogen) atoms. The van der Waals surface area contributed by atoms with E-state index in [4.69, 9.17) is 14.3 Å². The zero-order chi connectivity index (χ0) is 47.8. The van der Waals surface area contributed by atoms with Gasteiger partial charge in [0.05, 0.1) is 25.3 Å². The van der Waals surface area contributed by atoms with Crippen molar-refractivity contribution in [2.24, 2.45) is 0 Å². The number of carbonyl (C=O) groups is 3. The van der Waals surface area contributed by atoms with E-state index in [1.807, 2.05) is 22.5 Å². The fourth-order valence-electron chi connectivity index (χ4n) is 8.48. The van der Waals surface area contributed by atoms with Gasteiger partial charge in [0.15, 0.2) is 12.3 Å². The molecule has 0 aliphatic carbocycles. The quantitative estimate of drug-likeness (QED) is 0.0493. The molecule has 1 saturated heterocycles. The molecule has 2 aromatic rings. The van der Waals surface area contributed by atoms with Crippen molar-refractivity contribution in [3.05, 3.63) is 95.8 Å². The van der Waals surface area contributed by atoms with Crippen LogP contribution in [0.5, 0.6) is 0 Å². The molecule has 2 unspecified atom stereocenters. The third-order valence-electron chi connectivity index (χ3n) is 11.8. The SMILES string of the molecule is COCC[N+]1=C(/C=C/C=C/C=C/C=C2/N(CCCCCC(=O)ON3C(=O)CCC3=O)c3ccc(S(=O)(=O)[O-])cc3C2(C)CCOC)C(C)(CCCS(=O)(=O)[O-])c2cc(S(=O)(=O)[O-])ccc21. The number of carbonyl (C=O) groups excluding carboxylic acids is 3. The molecule has 0 bridgehead atoms. The number of imide groups is 1. The number of nitrogens with zero attached hydrogens (tertiary/aromatic N) is 3. The van der Waals surface area contributed by atoms with Gasteiger partial charge in [0.1, 0.15) is 26.8 Å². The van der Waals surface area contributed by atoms with Crippen molar-refractivity contribution in [2.75, 3.05) is 51.2 Å². The lowest BCUT2D eigenvalue weighted by Gasteiger charge is -2.30. The van der Waals surface area contributed by atoms with Crippen LogP contribution in [0, 0.1) is 0 Å². The van der Waals surface area contributed by atoms with Crippen LogP contribution in [0.3, 0.4) is 0 Å². The summed E-state index contributed by atoms with van der Waals surface area (Å²) in [6, 6.07) is 8.31. The van der Waals surface area contributed by atoms with Crippen LogP contribution in [0.25, 0.3) is 0 Å². The number of amides is 2. The van der Waals surface area contributed by atoms with Crippen LogP contribution in [-0.2, 0) is 69.9 Å². The minimum Gasteiger partial charge on any atom is -0.748 e. The molecule has 18 nitrogen and oxygen atoms in total. The molecule has 0 radical (unpaired) electrons. The molecule has 0 N–H and O–H groups in total. The third-order valence-corrected chi connectivity index (χ3v) is 14.3. The van der Waals surface area contributed by atoms with Gasteiger partial charge in [-0.1, -0.05) is 36.8 Å². The summed E-state index contributed by atoms with van der Waals surface area (Å²) in [5.41, 5.74) is 2.04. The van der Waals surface area contributed by atoms with Crippen molar-refractivity contribution < 1.29 is 72.2 Å². The number of rotatable bonds is 23. The largest absolute Gasteiger partial charge is 0.748 e. The standard InChI is InChI=1S/C44H55N3O15S3/c1-43(23-13-29-63(51,52)53)34-30-32(64(54,55)56)18-20-37(34)46(26-28-61-4)38(43)14-9-6-5-7-10-15-39-44(2,24-27-60-3)35-31-33(65(57,58)59)17-19-36(35)45(39)25-12-8-11-16-42(50)62-47-40(48)21-22-41(47)49/h5-7,9-10,14-15,17-20,30-31H,8,11-13,16,21-29H2,1-4H3,(H2-,51,52,53,54,55,56,57,58,59)/p-2. The number of allylic oxidation sites excluding steroid dienone is 8. The molecule has 2 aromatic carbocycles. The first-order valence-electron chi connectivity index (χ1n) is 20.9. The summed E-state index contributed by atoms with van der Waals surface area (Å²) in [6.07, 6.45) is 14.5. The maximum absolute atomic E-state index is 12.4. The number of hydroxylamine groups is 2. The Labute approximate surface area is 380 Å². The Morgan fingerprint density at radius 3 is 2.00 bits per heavy atom. The number of hydrogen-bond acceptors (Lipinski definition) is 16. The highest BCUT2D eigenvalue weighted by atomic mass is 32.2. The molecule has 354 valence electrons. The van der Waals surface area contributed by atoms with Gasteiger partial charge < -0.3 is 32.9 Å². The minimum atomic E-state index is -4.83. The number of hydrogen-bond donors (Lipinski definition) is 0. The van der Waals surface area contributed by atoms with Crippen LogP contribution in [0.4, 0.5) is 11.4 Å². The lowest BCUT2D eigenvalue weighted by molar-refractivity contribution is -0.441. The smallest absolute Gasteiger partial charge is 0.333 e. The number of ether oxygens (including phenoxy) is 2. The zero-order valence-electron chi connectivity index (χ0n) is 36.6. The number of unbranched alkanes of at least 4 members (excludes halogenated alkanes) is 2. The molecule has 3 heterocycles. The van der Waals surface area contributed by atoms with Crippen molar-refractivity contribution in [3.8, 4) is 0 Å². The Morgan fingerprint density at radius 2 is 1.37 bits per heavy atom. The van der Waals surface area contributed by atoms with Crippen LogP contribution < -0.4 is 4.90 Å². The van der Waals surface area contributed by atoms with Crippen molar-refractivity contribution in [1.29, 1.82) is 0 Å². The molecule has 0 saturated carbocycles. The van der Waals surface area contributed by atoms with E-state index < -0.39 is 69.6 Å². The second-order valence-corrected chi connectivity index (χ2v) is 20.5. The lowest BCUT2D eigenvalue weighted by atomic mass is 9.76. The van der Waals surface area contributed by atoms with E-state index in [9.17, 15) is 53.3 Å². The molecule has 2 atom stereocenters. The Bertz CT molecular complexity index is 2640. The van der Waals surface area contributed by atoms with E-state index in [0.717, 1.165) is 5.70 Å². The predicted octanol–water partition coefficient (Wildman–Crippen LogP) is 4.36. The molecule has 1 fully saturated rings. The summed E-state index contributed by atoms with van der Waals surface area (Å²) in [4.78, 5) is 42.3. The van der Waals surface area contributed by atoms with Gasteiger partial charge in [-0.05, 0) is 87.9 Å². The van der Waals surface area contributed by atoms with Gasteiger partial charge in [-0.25, -0.2) is 30.0 Å². The molecular weight excluding hydrogens is 907 g/mol. The second-order valence-electron chi connectivity index (χ2n) is 16.3. The van der Waals surface area contributed by atoms with E-state index in [-0.39, 0.29) is 43.6 Å². The van der Waals surface area contributed by atoms with Crippen LogP contribution in [-0.4, -0.2) is 118 Å². The van der Waals surface area contributed by atoms with Crippen molar-refractivity contribution in [2.45, 2.75) is 92.3 Å². The van der Waals surface area contributed by atoms with Gasteiger partial charge >= 0.3 is 5.97 Å². The fourth-order valence-corrected chi connectivity index (χ4v) is 9.97. The van der Waals surface area contributed by atoms with E-state index in [1.54, 1.807) is 56.6 Å². The first kappa shape index (κ1) is 51.1. The number of anilines is 1. The van der Waals surface area contributed by atoms with Crippen LogP contribution >= 0.6 is 0 Å². The highest BCUT2D eigenvalue weighted by molar-refractivity contribution is 7.86. The monoisotopic (exact) mass is 959 g/mol. The summed E-state index contributed by atoms with van der Waals surface area (Å²) >= 11 is 0. The molecule has 0 spiro atoms. The van der Waals surface area contributed by atoms with Crippen LogP contribution in [0.15, 0.2) is 94.4 Å². The zero-order valence-corrected chi connectivity index (χ0v) is 39.0. The molecular formula is C44H53N3O15S3-2. The van der Waals surface area contributed by atoms with Crippen LogP contribution in [0.1, 0.15) is 82.8 Å². The number of benzene rings is 2. The summed E-state index contributed by atoms with van der Waals surface area (Å²) in [6.45, 7) is 5.08. The highest BCUT2D eigenvalue weighted by Crippen LogP contribution is 2.51. The van der Waals surface area contributed by atoms with Gasteiger partial charge in [-0.3, -0.25) is 9.59 Å². The third kappa shape index (κ3) is 12.3. The van der Waals surface area contributed by atoms with Crippen molar-refractivity contribution in [3.63, 3.8) is 0 Å². The molecule has 5 rings (SSSR count). The summed E-state index contributed by atoms with van der Waals surface area (Å²) in [5, 5.41) is 0.515. The molecule has 2 amide bonds. The molecule has 3 aliphatic heterocycles. The Kier molecular flexibility index (Phi) is 16.7. The fraction of sp³-hybridized carbons (Fsp3) is 0.455. The van der Waals surface area contributed by atoms with E-state index in [0.29, 0.717) is 78.7 Å². The minimum absolute atomic E-state index is 0.00803. The molecule has 3 aliphatic rings. The predicted molar refractivity (Wildman–Crippen MR) is 234 cm³/mol. The summed E-state index contributed by atoms with van der Waals surface area (Å²) < 4.78 is 120. The first-order chi connectivity index (χ1) is 30.5. The Morgan fingerprint density at radius 1 is 0.754 bits per heavy atom. The first-order valence-corrected chi connectivity index (χ1v) is 25.3. The van der Waals surface area contributed by atoms with E-state index >= 15 is 0 Å². The second kappa shape index (κ2) is 21.2. The van der Waals surface area contributed by atoms with Gasteiger partial charge in [-0.2, -0.15) is 4.58 Å². The average Bonchev–Trinajstić information content (AvgIpc) is 3.76. The lowest BCUT2D eigenvalue weighted by Crippen LogP contribution is -2.32. The normalized spacial score (nSPS) is 21.0. The topological polar surface area (TPSA) is 260 Å². The Hall–Kier alpha value is -4.87. The van der Waals surface area contributed by atoms with Gasteiger partial charge in [0.25, 0.3) is 11.8 Å². The molecule has 0 aromatic heterocycles. The van der Waals surface area contributed by atoms with Crippen molar-refractivity contribution >= 4 is 65.2 Å². The summed E-state index contributed by atoms with van der Waals surface area (Å²) in [5.74, 6) is -2.46. The van der Waals surface area contributed by atoms with Gasteiger partial charge in [0, 0.05) is 86.9 Å². The van der Waals surface area contributed by atoms with Crippen LogP contribution in [0.2, 0.25) is 0 Å². The average molecular weight is 960 g/mol. The van der Waals surface area contributed by atoms with E-state index in [1.165, 1.54) is 37.4 Å². The highest BCUT2D eigenvalue weighted by Gasteiger charge is 2.48. The summed E-state index contributed by atoms with van der Waals surface area (Å²) in [7, 11) is -11.1. The Balaban J connectivity index is 1.41. The maximum atomic E-state index is 12.4. The van der Waals surface area contributed by atoms with Gasteiger partial charge in [-0.15, -0.1) is 5.06 Å². The number of methoxy groups -OCH3 is 2. The molecule has 21 heteroatoms. The van der Waals surface area contributed by atoms with Gasteiger partial charge in [0.2, 0.25) is 5.69 Å². The number of fused-ring (bicyclic) bond motifs is 2. The van der Waals surface area contributed by atoms with E-state index in [2.05, 4.69) is 0 Å². The van der Waals surface area contributed by atoms with Crippen molar-refractivity contribution in [1.82, 2.24) is 5.06 Å². The maximum Gasteiger partial charge on any atom is 0.333 e.